The summed E-state index contributed by atoms with van der Waals surface area (Å²) in [5.41, 5.74) is 3.25. The first-order chi connectivity index (χ1) is 12.8. The van der Waals surface area contributed by atoms with Crippen LogP contribution in [0.2, 0.25) is 0 Å². The molecule has 1 aliphatic heterocycles. The van der Waals surface area contributed by atoms with Crippen LogP contribution in [-0.2, 0) is 11.3 Å². The Morgan fingerprint density at radius 2 is 2.08 bits per heavy atom. The fourth-order valence-corrected chi connectivity index (χ4v) is 4.08. The van der Waals surface area contributed by atoms with Crippen LogP contribution < -0.4 is 0 Å². The minimum absolute atomic E-state index is 0.249. The summed E-state index contributed by atoms with van der Waals surface area (Å²) in [4.78, 5) is 17.5. The third-order valence-corrected chi connectivity index (χ3v) is 5.72. The van der Waals surface area contributed by atoms with Crippen LogP contribution in [0.15, 0.2) is 36.5 Å². The van der Waals surface area contributed by atoms with E-state index in [9.17, 15) is 4.79 Å². The van der Waals surface area contributed by atoms with Gasteiger partial charge in [0.2, 0.25) is 5.91 Å². The maximum absolute atomic E-state index is 12.9. The van der Waals surface area contributed by atoms with Crippen LogP contribution in [0.5, 0.6) is 0 Å². The number of H-pyrrole nitrogens is 1. The van der Waals surface area contributed by atoms with Crippen LogP contribution in [0.1, 0.15) is 38.2 Å². The molecular formula is C21H28N4O. The van der Waals surface area contributed by atoms with E-state index in [2.05, 4.69) is 39.1 Å². The van der Waals surface area contributed by atoms with E-state index in [1.807, 2.05) is 24.4 Å². The molecule has 0 spiro atoms. The number of benzene rings is 1. The van der Waals surface area contributed by atoms with Gasteiger partial charge in [-0.3, -0.25) is 14.8 Å². The first kappa shape index (κ1) is 17.3. The zero-order valence-corrected chi connectivity index (χ0v) is 15.5. The number of carbonyl (C=O) groups is 1. The highest BCUT2D eigenvalue weighted by Gasteiger charge is 2.36. The van der Waals surface area contributed by atoms with Gasteiger partial charge in [0.05, 0.1) is 11.9 Å². The van der Waals surface area contributed by atoms with Gasteiger partial charge in [-0.1, -0.05) is 37.3 Å². The average Bonchev–Trinajstić information content (AvgIpc) is 3.26. The van der Waals surface area contributed by atoms with Crippen LogP contribution in [-0.4, -0.2) is 51.6 Å². The van der Waals surface area contributed by atoms with Gasteiger partial charge in [-0.05, 0) is 44.3 Å². The summed E-state index contributed by atoms with van der Waals surface area (Å²) in [5.74, 6) is 0.576. The van der Waals surface area contributed by atoms with Gasteiger partial charge in [0.1, 0.15) is 0 Å². The number of hydrogen-bond acceptors (Lipinski definition) is 3. The van der Waals surface area contributed by atoms with Crippen LogP contribution >= 0.6 is 0 Å². The number of nitrogens with zero attached hydrogens (tertiary/aromatic N) is 3. The minimum Gasteiger partial charge on any atom is -0.336 e. The van der Waals surface area contributed by atoms with Crippen molar-refractivity contribution in [2.75, 3.05) is 19.6 Å². The Hall–Kier alpha value is -2.14. The van der Waals surface area contributed by atoms with Crippen LogP contribution in [0.3, 0.4) is 0 Å². The molecule has 1 atom stereocenters. The van der Waals surface area contributed by atoms with E-state index in [4.69, 9.17) is 0 Å². The predicted octanol–water partition coefficient (Wildman–Crippen LogP) is 3.30. The van der Waals surface area contributed by atoms with Crippen molar-refractivity contribution < 1.29 is 4.79 Å². The number of nitrogens with one attached hydrogen (secondary N) is 1. The number of carbonyl (C=O) groups excluding carboxylic acids is 1. The highest BCUT2D eigenvalue weighted by molar-refractivity contribution is 5.81. The molecule has 1 saturated heterocycles. The van der Waals surface area contributed by atoms with E-state index in [0.717, 1.165) is 49.3 Å². The number of aromatic nitrogens is 2. The summed E-state index contributed by atoms with van der Waals surface area (Å²) in [6.07, 6.45) is 6.41. The number of rotatable bonds is 7. The van der Waals surface area contributed by atoms with E-state index < -0.39 is 0 Å². The zero-order chi connectivity index (χ0) is 17.9. The van der Waals surface area contributed by atoms with Crippen molar-refractivity contribution >= 4 is 5.91 Å². The number of likely N-dealkylation sites (N-methyl/N-ethyl adjacent to an activating group) is 1. The molecule has 5 nitrogen and oxygen atoms in total. The van der Waals surface area contributed by atoms with E-state index in [1.165, 1.54) is 12.8 Å². The van der Waals surface area contributed by atoms with E-state index in [-0.39, 0.29) is 5.92 Å². The quantitative estimate of drug-likeness (QED) is 0.832. The summed E-state index contributed by atoms with van der Waals surface area (Å²) >= 11 is 0. The Kier molecular flexibility index (Phi) is 5.07. The monoisotopic (exact) mass is 352 g/mol. The molecule has 2 heterocycles. The Bertz CT molecular complexity index is 737. The SMILES string of the molecule is CCN1CCC[C@@H]1CN(Cc1cn[nH]c1-c1ccccc1)C(=O)C1CC1. The summed E-state index contributed by atoms with van der Waals surface area (Å²) in [6, 6.07) is 10.7. The fraction of sp³-hybridized carbons (Fsp3) is 0.524. The topological polar surface area (TPSA) is 52.2 Å². The number of amides is 1. The molecule has 26 heavy (non-hydrogen) atoms. The van der Waals surface area contributed by atoms with Gasteiger partial charge in [0.15, 0.2) is 0 Å². The van der Waals surface area contributed by atoms with Crippen molar-refractivity contribution in [2.45, 2.75) is 45.2 Å². The first-order valence-corrected chi connectivity index (χ1v) is 9.86. The summed E-state index contributed by atoms with van der Waals surface area (Å²) in [5, 5.41) is 7.39. The highest BCUT2D eigenvalue weighted by Crippen LogP contribution is 2.33. The molecule has 1 aliphatic carbocycles. The smallest absolute Gasteiger partial charge is 0.226 e. The molecule has 2 aromatic rings. The van der Waals surface area contributed by atoms with Crippen molar-refractivity contribution in [2.24, 2.45) is 5.92 Å². The van der Waals surface area contributed by atoms with Gasteiger partial charge >= 0.3 is 0 Å². The van der Waals surface area contributed by atoms with Crippen molar-refractivity contribution in [3.05, 3.63) is 42.1 Å². The van der Waals surface area contributed by atoms with Crippen molar-refractivity contribution in [1.82, 2.24) is 20.0 Å². The van der Waals surface area contributed by atoms with Gasteiger partial charge < -0.3 is 4.90 Å². The Balaban J connectivity index is 1.54. The van der Waals surface area contributed by atoms with E-state index in [0.29, 0.717) is 18.5 Å². The van der Waals surface area contributed by atoms with Gasteiger partial charge in [-0.25, -0.2) is 0 Å². The number of likely N-dealkylation sites (tertiary alicyclic amines) is 1. The van der Waals surface area contributed by atoms with Crippen LogP contribution in [0.4, 0.5) is 0 Å². The molecule has 138 valence electrons. The molecule has 1 aromatic heterocycles. The summed E-state index contributed by atoms with van der Waals surface area (Å²) < 4.78 is 0. The van der Waals surface area contributed by atoms with Crippen molar-refractivity contribution in [1.29, 1.82) is 0 Å². The van der Waals surface area contributed by atoms with Crippen LogP contribution in [0, 0.1) is 5.92 Å². The lowest BCUT2D eigenvalue weighted by molar-refractivity contribution is -0.133. The highest BCUT2D eigenvalue weighted by atomic mass is 16.2. The maximum Gasteiger partial charge on any atom is 0.226 e. The fourth-order valence-electron chi connectivity index (χ4n) is 4.08. The molecule has 2 fully saturated rings. The normalized spacial score (nSPS) is 20.4. The molecule has 0 bridgehead atoms. The molecule has 0 radical (unpaired) electrons. The number of aromatic amines is 1. The molecular weight excluding hydrogens is 324 g/mol. The Morgan fingerprint density at radius 3 is 2.81 bits per heavy atom. The van der Waals surface area contributed by atoms with Crippen molar-refractivity contribution in [3.63, 3.8) is 0 Å². The van der Waals surface area contributed by atoms with E-state index >= 15 is 0 Å². The van der Waals surface area contributed by atoms with Gasteiger partial charge in [0.25, 0.3) is 0 Å². The molecule has 5 heteroatoms. The lowest BCUT2D eigenvalue weighted by Gasteiger charge is -2.30. The molecule has 1 amide bonds. The Labute approximate surface area is 155 Å². The number of hydrogen-bond donors (Lipinski definition) is 1. The molecule has 0 unspecified atom stereocenters. The largest absolute Gasteiger partial charge is 0.336 e. The van der Waals surface area contributed by atoms with Gasteiger partial charge in [-0.15, -0.1) is 0 Å². The van der Waals surface area contributed by atoms with Crippen LogP contribution in [0.25, 0.3) is 11.3 Å². The zero-order valence-electron chi connectivity index (χ0n) is 15.5. The standard InChI is InChI=1S/C21H28N4O/c1-2-24-12-6-9-19(24)15-25(21(26)17-10-11-17)14-18-13-22-23-20(18)16-7-4-3-5-8-16/h3-5,7-8,13,17,19H,2,6,9-12,14-15H2,1H3,(H,22,23)/t19-/m1/s1. The van der Waals surface area contributed by atoms with E-state index in [1.54, 1.807) is 0 Å². The summed E-state index contributed by atoms with van der Waals surface area (Å²) in [6.45, 7) is 5.92. The average molecular weight is 352 g/mol. The maximum atomic E-state index is 12.9. The third kappa shape index (κ3) is 3.68. The van der Waals surface area contributed by atoms with Gasteiger partial charge in [0, 0.05) is 30.6 Å². The molecule has 2 aliphatic rings. The molecule has 4 rings (SSSR count). The third-order valence-electron chi connectivity index (χ3n) is 5.72. The molecule has 1 saturated carbocycles. The lowest BCUT2D eigenvalue weighted by Crippen LogP contribution is -2.43. The molecule has 1 N–H and O–H groups in total. The van der Waals surface area contributed by atoms with Gasteiger partial charge in [-0.2, -0.15) is 5.10 Å². The second kappa shape index (κ2) is 7.62. The second-order valence-corrected chi connectivity index (χ2v) is 7.55. The summed E-state index contributed by atoms with van der Waals surface area (Å²) in [7, 11) is 0. The second-order valence-electron chi connectivity index (χ2n) is 7.55. The lowest BCUT2D eigenvalue weighted by atomic mass is 10.1. The molecule has 1 aromatic carbocycles. The van der Waals surface area contributed by atoms with Crippen molar-refractivity contribution in [3.8, 4) is 11.3 Å². The first-order valence-electron chi connectivity index (χ1n) is 9.86. The minimum atomic E-state index is 0.249. The predicted molar refractivity (Wildman–Crippen MR) is 102 cm³/mol. The Morgan fingerprint density at radius 1 is 1.27 bits per heavy atom.